The van der Waals surface area contributed by atoms with Crippen LogP contribution >= 0.6 is 34.7 Å². The van der Waals surface area contributed by atoms with E-state index in [1.54, 1.807) is 24.3 Å². The van der Waals surface area contributed by atoms with Crippen LogP contribution in [-0.4, -0.2) is 22.4 Å². The number of thioether (sulfide) groups is 1. The van der Waals surface area contributed by atoms with Crippen molar-refractivity contribution >= 4 is 62.3 Å². The first-order chi connectivity index (χ1) is 14.5. The van der Waals surface area contributed by atoms with Crippen LogP contribution in [0.25, 0.3) is 10.2 Å². The summed E-state index contributed by atoms with van der Waals surface area (Å²) in [7, 11) is 0. The van der Waals surface area contributed by atoms with Crippen LogP contribution < -0.4 is 5.32 Å². The zero-order chi connectivity index (χ0) is 21.1. The Kier molecular flexibility index (Phi) is 6.18. The molecule has 3 aromatic carbocycles. The second-order valence-corrected chi connectivity index (χ2v) is 9.39. The van der Waals surface area contributed by atoms with Crippen LogP contribution in [0.2, 0.25) is 5.02 Å². The Morgan fingerprint density at radius 3 is 2.43 bits per heavy atom. The van der Waals surface area contributed by atoms with Gasteiger partial charge in [0.1, 0.15) is 0 Å². The van der Waals surface area contributed by atoms with E-state index >= 15 is 0 Å². The number of rotatable bonds is 6. The average molecular weight is 453 g/mol. The summed E-state index contributed by atoms with van der Waals surface area (Å²) in [6, 6.07) is 19.9. The summed E-state index contributed by atoms with van der Waals surface area (Å²) >= 11 is 8.78. The van der Waals surface area contributed by atoms with Crippen LogP contribution in [0.4, 0.5) is 5.69 Å². The molecule has 0 aliphatic rings. The van der Waals surface area contributed by atoms with Crippen LogP contribution in [0.1, 0.15) is 26.3 Å². The molecule has 1 heterocycles. The van der Waals surface area contributed by atoms with Gasteiger partial charge in [0.05, 0.1) is 16.0 Å². The second kappa shape index (κ2) is 9.00. The molecule has 0 unspecified atom stereocenters. The molecular weight excluding hydrogens is 436 g/mol. The lowest BCUT2D eigenvalue weighted by Crippen LogP contribution is -2.11. The van der Waals surface area contributed by atoms with Crippen LogP contribution in [0, 0.1) is 6.92 Å². The number of anilines is 1. The summed E-state index contributed by atoms with van der Waals surface area (Å²) in [5.41, 5.74) is 3.91. The average Bonchev–Trinajstić information content (AvgIpc) is 3.15. The van der Waals surface area contributed by atoms with Gasteiger partial charge in [0.2, 0.25) is 0 Å². The number of carbonyl (C=O) groups is 2. The van der Waals surface area contributed by atoms with Gasteiger partial charge in [-0.15, -0.1) is 11.3 Å². The van der Waals surface area contributed by atoms with Crippen LogP contribution in [0.15, 0.2) is 71.1 Å². The lowest BCUT2D eigenvalue weighted by molar-refractivity contribution is 0.101. The van der Waals surface area contributed by atoms with E-state index in [1.807, 2.05) is 49.4 Å². The van der Waals surface area contributed by atoms with Crippen molar-refractivity contribution in [3.8, 4) is 0 Å². The van der Waals surface area contributed by atoms with Gasteiger partial charge in [-0.25, -0.2) is 4.98 Å². The lowest BCUT2D eigenvalue weighted by Gasteiger charge is -2.05. The predicted octanol–water partition coefficient (Wildman–Crippen LogP) is 6.49. The van der Waals surface area contributed by atoms with E-state index in [0.717, 1.165) is 20.1 Å². The molecule has 4 aromatic rings. The van der Waals surface area contributed by atoms with Crippen molar-refractivity contribution < 1.29 is 9.59 Å². The molecule has 1 aromatic heterocycles. The number of hydrogen-bond donors (Lipinski definition) is 1. The third kappa shape index (κ3) is 4.90. The standard InChI is InChI=1S/C23H17ClN2O2S2/c1-14-2-4-16(5-3-14)22(28)25-18-10-11-19-21(12-18)30-23(26-19)29-13-20(27)15-6-8-17(24)9-7-15/h2-12H,13H2,1H3,(H,25,28). The molecule has 0 radical (unpaired) electrons. The van der Waals surface area contributed by atoms with Crippen molar-refractivity contribution in [3.63, 3.8) is 0 Å². The molecule has 0 spiro atoms. The van der Waals surface area contributed by atoms with Gasteiger partial charge in [0.25, 0.3) is 5.91 Å². The van der Waals surface area contributed by atoms with Gasteiger partial charge in [0.15, 0.2) is 10.1 Å². The molecular formula is C23H17ClN2O2S2. The van der Waals surface area contributed by atoms with Crippen molar-refractivity contribution in [1.82, 2.24) is 4.98 Å². The number of benzene rings is 3. The molecule has 0 bridgehead atoms. The van der Waals surface area contributed by atoms with Crippen molar-refractivity contribution in [2.45, 2.75) is 11.3 Å². The Morgan fingerprint density at radius 2 is 1.70 bits per heavy atom. The van der Waals surface area contributed by atoms with Gasteiger partial charge in [0, 0.05) is 21.8 Å². The summed E-state index contributed by atoms with van der Waals surface area (Å²) in [6.45, 7) is 1.98. The molecule has 0 saturated carbocycles. The monoisotopic (exact) mass is 452 g/mol. The highest BCUT2D eigenvalue weighted by atomic mass is 35.5. The van der Waals surface area contributed by atoms with E-state index in [2.05, 4.69) is 10.3 Å². The molecule has 0 aliphatic carbocycles. The SMILES string of the molecule is Cc1ccc(C(=O)Nc2ccc3nc(SCC(=O)c4ccc(Cl)cc4)sc3c2)cc1. The smallest absolute Gasteiger partial charge is 0.255 e. The van der Waals surface area contributed by atoms with E-state index in [9.17, 15) is 9.59 Å². The molecule has 30 heavy (non-hydrogen) atoms. The number of nitrogens with zero attached hydrogens (tertiary/aromatic N) is 1. The minimum Gasteiger partial charge on any atom is -0.322 e. The number of thiazole rings is 1. The molecule has 1 amide bonds. The van der Waals surface area contributed by atoms with Crippen LogP contribution in [-0.2, 0) is 0 Å². The first-order valence-corrected chi connectivity index (χ1v) is 11.4. The number of carbonyl (C=O) groups excluding carboxylic acids is 2. The summed E-state index contributed by atoms with van der Waals surface area (Å²) in [6.07, 6.45) is 0. The summed E-state index contributed by atoms with van der Waals surface area (Å²) < 4.78 is 1.77. The fraction of sp³-hybridized carbons (Fsp3) is 0.0870. The van der Waals surface area contributed by atoms with E-state index in [1.165, 1.54) is 23.1 Å². The highest BCUT2D eigenvalue weighted by Gasteiger charge is 2.11. The normalized spacial score (nSPS) is 10.9. The molecule has 7 heteroatoms. The summed E-state index contributed by atoms with van der Waals surface area (Å²) in [5.74, 6) is 0.183. The Bertz CT molecular complexity index is 1220. The number of nitrogens with one attached hydrogen (secondary N) is 1. The maximum absolute atomic E-state index is 12.4. The first-order valence-electron chi connectivity index (χ1n) is 9.18. The van der Waals surface area contributed by atoms with Gasteiger partial charge in [-0.2, -0.15) is 0 Å². The van der Waals surface area contributed by atoms with Crippen molar-refractivity contribution in [3.05, 3.63) is 88.4 Å². The number of halogens is 1. The molecule has 0 aliphatic heterocycles. The maximum Gasteiger partial charge on any atom is 0.255 e. The van der Waals surface area contributed by atoms with E-state index in [-0.39, 0.29) is 11.7 Å². The van der Waals surface area contributed by atoms with Crippen LogP contribution in [0.3, 0.4) is 0 Å². The van der Waals surface area contributed by atoms with Crippen molar-refractivity contribution in [2.75, 3.05) is 11.1 Å². The highest BCUT2D eigenvalue weighted by molar-refractivity contribution is 8.01. The third-order valence-corrected chi connectivity index (χ3v) is 6.85. The number of aromatic nitrogens is 1. The summed E-state index contributed by atoms with van der Waals surface area (Å²) in [5, 5.41) is 3.53. The molecule has 0 atom stereocenters. The number of fused-ring (bicyclic) bond motifs is 1. The zero-order valence-corrected chi connectivity index (χ0v) is 18.4. The highest BCUT2D eigenvalue weighted by Crippen LogP contribution is 2.31. The number of ketones is 1. The number of aryl methyl sites for hydroxylation is 1. The number of hydrogen-bond acceptors (Lipinski definition) is 5. The number of amides is 1. The quantitative estimate of drug-likeness (QED) is 0.268. The third-order valence-electron chi connectivity index (χ3n) is 4.43. The molecule has 4 nitrogen and oxygen atoms in total. The Balaban J connectivity index is 1.43. The summed E-state index contributed by atoms with van der Waals surface area (Å²) in [4.78, 5) is 29.3. The fourth-order valence-corrected chi connectivity index (χ4v) is 4.93. The predicted molar refractivity (Wildman–Crippen MR) is 125 cm³/mol. The van der Waals surface area contributed by atoms with E-state index < -0.39 is 0 Å². The van der Waals surface area contributed by atoms with Crippen LogP contribution in [0.5, 0.6) is 0 Å². The van der Waals surface area contributed by atoms with E-state index in [0.29, 0.717) is 27.6 Å². The zero-order valence-electron chi connectivity index (χ0n) is 16.0. The molecule has 0 fully saturated rings. The molecule has 4 rings (SSSR count). The van der Waals surface area contributed by atoms with Crippen molar-refractivity contribution in [2.24, 2.45) is 0 Å². The molecule has 0 saturated heterocycles. The second-order valence-electron chi connectivity index (χ2n) is 6.70. The lowest BCUT2D eigenvalue weighted by atomic mass is 10.1. The van der Waals surface area contributed by atoms with Gasteiger partial charge in [-0.1, -0.05) is 41.1 Å². The Labute approximate surface area is 187 Å². The molecule has 150 valence electrons. The topological polar surface area (TPSA) is 59.1 Å². The van der Waals surface area contributed by atoms with Gasteiger partial charge < -0.3 is 5.32 Å². The number of Topliss-reactive ketones (excluding diaryl/α,β-unsaturated/α-hetero) is 1. The largest absolute Gasteiger partial charge is 0.322 e. The van der Waals surface area contributed by atoms with Gasteiger partial charge >= 0.3 is 0 Å². The maximum atomic E-state index is 12.4. The van der Waals surface area contributed by atoms with Crippen molar-refractivity contribution in [1.29, 1.82) is 0 Å². The van der Waals surface area contributed by atoms with E-state index in [4.69, 9.17) is 11.6 Å². The molecule has 1 N–H and O–H groups in total. The van der Waals surface area contributed by atoms with Gasteiger partial charge in [-0.05, 0) is 61.5 Å². The first kappa shape index (κ1) is 20.6. The van der Waals surface area contributed by atoms with Gasteiger partial charge in [-0.3, -0.25) is 9.59 Å². The Morgan fingerprint density at radius 1 is 1.00 bits per heavy atom. The minimum atomic E-state index is -0.151. The Hall–Kier alpha value is -2.67. The fourth-order valence-electron chi connectivity index (χ4n) is 2.80. The minimum absolute atomic E-state index is 0.0296.